The molecular weight excluding hydrogens is 305 g/mol. The Kier molecular flexibility index (Phi) is 3.16. The highest BCUT2D eigenvalue weighted by Gasteiger charge is 2.14. The number of aromatic nitrogens is 1. The first-order valence-electron chi connectivity index (χ1n) is 2.82. The third-order valence-electron chi connectivity index (χ3n) is 1.12. The van der Waals surface area contributed by atoms with Crippen molar-refractivity contribution in [3.05, 3.63) is 26.3 Å². The number of nitrogens with zero attached hydrogens (tertiary/aromatic N) is 1. The highest BCUT2D eigenvalue weighted by atomic mass is 127. The third-order valence-corrected chi connectivity index (χ3v) is 2.15. The average Bonchev–Trinajstić information content (AvgIpc) is 1.99. The molecule has 0 N–H and O–H groups in total. The maximum absolute atomic E-state index is 12.7. The van der Waals surface area contributed by atoms with Gasteiger partial charge in [0.1, 0.15) is 5.69 Å². The summed E-state index contributed by atoms with van der Waals surface area (Å²) >= 11 is 6.82. The van der Waals surface area contributed by atoms with Gasteiger partial charge in [-0.1, -0.05) is 11.6 Å². The number of hydrogen-bond donors (Lipinski definition) is 0. The smallest absolute Gasteiger partial charge is 0.232 e. The Morgan fingerprint density at radius 1 is 1.50 bits per heavy atom. The van der Waals surface area contributed by atoms with Gasteiger partial charge in [-0.15, -0.1) is 0 Å². The van der Waals surface area contributed by atoms with Crippen molar-refractivity contribution in [2.24, 2.45) is 0 Å². The standard InChI is InChI=1S/C6H2ClF3IN/c7-5-4(8)2(11)1-3(12-5)6(9)10/h1,6H. The Morgan fingerprint density at radius 2 is 2.08 bits per heavy atom. The maximum atomic E-state index is 12.7. The van der Waals surface area contributed by atoms with Crippen LogP contribution in [0.5, 0.6) is 0 Å². The van der Waals surface area contributed by atoms with Crippen molar-refractivity contribution in [1.29, 1.82) is 0 Å². The van der Waals surface area contributed by atoms with Crippen molar-refractivity contribution >= 4 is 34.2 Å². The Balaban J connectivity index is 3.21. The largest absolute Gasteiger partial charge is 0.280 e. The molecule has 0 spiro atoms. The van der Waals surface area contributed by atoms with Crippen LogP contribution < -0.4 is 0 Å². The van der Waals surface area contributed by atoms with E-state index in [4.69, 9.17) is 11.6 Å². The van der Waals surface area contributed by atoms with Gasteiger partial charge in [-0.05, 0) is 28.7 Å². The van der Waals surface area contributed by atoms with Gasteiger partial charge in [0, 0.05) is 0 Å². The summed E-state index contributed by atoms with van der Waals surface area (Å²) in [5.41, 5.74) is -0.509. The second kappa shape index (κ2) is 3.78. The van der Waals surface area contributed by atoms with E-state index >= 15 is 0 Å². The van der Waals surface area contributed by atoms with Gasteiger partial charge in [-0.2, -0.15) is 0 Å². The predicted molar refractivity (Wildman–Crippen MR) is 46.9 cm³/mol. The van der Waals surface area contributed by atoms with Crippen LogP contribution in [0, 0.1) is 9.39 Å². The van der Waals surface area contributed by atoms with Crippen LogP contribution in [0.25, 0.3) is 0 Å². The summed E-state index contributed by atoms with van der Waals surface area (Å²) in [6, 6.07) is 0.965. The molecule has 0 aliphatic heterocycles. The van der Waals surface area contributed by atoms with E-state index in [9.17, 15) is 13.2 Å². The van der Waals surface area contributed by atoms with E-state index in [1.807, 2.05) is 0 Å². The van der Waals surface area contributed by atoms with Gasteiger partial charge in [-0.25, -0.2) is 18.2 Å². The molecule has 0 aliphatic carbocycles. The molecule has 0 aliphatic rings. The number of halogens is 5. The minimum absolute atomic E-state index is 0.0444. The number of rotatable bonds is 1. The van der Waals surface area contributed by atoms with Crippen LogP contribution in [0.1, 0.15) is 12.1 Å². The first kappa shape index (κ1) is 10.0. The molecule has 0 saturated carbocycles. The van der Waals surface area contributed by atoms with Crippen molar-refractivity contribution in [2.75, 3.05) is 0 Å². The van der Waals surface area contributed by atoms with Crippen LogP contribution in [0.3, 0.4) is 0 Å². The maximum Gasteiger partial charge on any atom is 0.280 e. The molecule has 1 aromatic rings. The van der Waals surface area contributed by atoms with Crippen LogP contribution in [-0.4, -0.2) is 4.98 Å². The molecule has 0 aromatic carbocycles. The van der Waals surface area contributed by atoms with E-state index in [1.165, 1.54) is 0 Å². The zero-order valence-electron chi connectivity index (χ0n) is 5.49. The van der Waals surface area contributed by atoms with Gasteiger partial charge in [0.2, 0.25) is 0 Å². The Bertz CT molecular complexity index is 282. The molecule has 0 radical (unpaired) electrons. The summed E-state index contributed by atoms with van der Waals surface area (Å²) in [5, 5.41) is -0.516. The van der Waals surface area contributed by atoms with Crippen LogP contribution in [0.15, 0.2) is 6.07 Å². The SMILES string of the molecule is Fc1c(I)cc(C(F)F)nc1Cl. The van der Waals surface area contributed by atoms with Gasteiger partial charge in [0.25, 0.3) is 6.43 Å². The Hall–Kier alpha value is -0.0400. The topological polar surface area (TPSA) is 12.9 Å². The van der Waals surface area contributed by atoms with Crippen LogP contribution in [-0.2, 0) is 0 Å². The summed E-state index contributed by atoms with van der Waals surface area (Å²) < 4.78 is 36.8. The molecule has 0 unspecified atom stereocenters. The molecule has 1 nitrogen and oxygen atoms in total. The van der Waals surface area contributed by atoms with Crippen LogP contribution >= 0.6 is 34.2 Å². The van der Waals surface area contributed by atoms with Crippen LogP contribution in [0.4, 0.5) is 13.2 Å². The number of pyridine rings is 1. The van der Waals surface area contributed by atoms with Crippen molar-refractivity contribution in [3.8, 4) is 0 Å². The van der Waals surface area contributed by atoms with E-state index < -0.39 is 23.1 Å². The third kappa shape index (κ3) is 2.01. The summed E-state index contributed by atoms with van der Waals surface area (Å²) in [4.78, 5) is 3.17. The molecule has 0 atom stereocenters. The van der Waals surface area contributed by atoms with Crippen molar-refractivity contribution in [3.63, 3.8) is 0 Å². The van der Waals surface area contributed by atoms with E-state index in [0.717, 1.165) is 6.07 Å². The molecule has 6 heteroatoms. The van der Waals surface area contributed by atoms with Gasteiger partial charge < -0.3 is 0 Å². The summed E-state index contributed by atoms with van der Waals surface area (Å²) in [6.07, 6.45) is -2.73. The van der Waals surface area contributed by atoms with E-state index in [-0.39, 0.29) is 3.57 Å². The van der Waals surface area contributed by atoms with Gasteiger partial charge in [0.15, 0.2) is 11.0 Å². The van der Waals surface area contributed by atoms with E-state index in [0.29, 0.717) is 0 Å². The molecule has 0 amide bonds. The van der Waals surface area contributed by atoms with Crippen molar-refractivity contribution in [1.82, 2.24) is 4.98 Å². The molecule has 1 aromatic heterocycles. The monoisotopic (exact) mass is 307 g/mol. The van der Waals surface area contributed by atoms with Crippen molar-refractivity contribution < 1.29 is 13.2 Å². The second-order valence-electron chi connectivity index (χ2n) is 1.93. The molecular formula is C6H2ClF3IN. The Labute approximate surface area is 85.1 Å². The lowest BCUT2D eigenvalue weighted by molar-refractivity contribution is 0.146. The quantitative estimate of drug-likeness (QED) is 0.572. The first-order valence-corrected chi connectivity index (χ1v) is 4.27. The molecule has 12 heavy (non-hydrogen) atoms. The van der Waals surface area contributed by atoms with Crippen molar-refractivity contribution in [2.45, 2.75) is 6.43 Å². The molecule has 0 fully saturated rings. The van der Waals surface area contributed by atoms with Gasteiger partial charge in [0.05, 0.1) is 3.57 Å². The lowest BCUT2D eigenvalue weighted by Gasteiger charge is -2.01. The highest BCUT2D eigenvalue weighted by molar-refractivity contribution is 14.1. The Morgan fingerprint density at radius 3 is 2.50 bits per heavy atom. The summed E-state index contributed by atoms with van der Waals surface area (Å²) in [7, 11) is 0. The summed E-state index contributed by atoms with van der Waals surface area (Å²) in [6.45, 7) is 0. The normalized spacial score (nSPS) is 10.8. The highest BCUT2D eigenvalue weighted by Crippen LogP contribution is 2.24. The number of hydrogen-bond acceptors (Lipinski definition) is 1. The molecule has 0 bridgehead atoms. The lowest BCUT2D eigenvalue weighted by Crippen LogP contribution is -1.95. The minimum Gasteiger partial charge on any atom is -0.232 e. The fraction of sp³-hybridized carbons (Fsp3) is 0.167. The average molecular weight is 307 g/mol. The fourth-order valence-electron chi connectivity index (χ4n) is 0.598. The first-order chi connectivity index (χ1) is 5.52. The molecule has 0 saturated heterocycles. The van der Waals surface area contributed by atoms with Gasteiger partial charge >= 0.3 is 0 Å². The van der Waals surface area contributed by atoms with E-state index in [2.05, 4.69) is 4.98 Å². The van der Waals surface area contributed by atoms with E-state index in [1.54, 1.807) is 22.6 Å². The zero-order valence-corrected chi connectivity index (χ0v) is 8.41. The zero-order chi connectivity index (χ0) is 9.30. The molecule has 1 heterocycles. The molecule has 66 valence electrons. The van der Waals surface area contributed by atoms with Crippen LogP contribution in [0.2, 0.25) is 5.15 Å². The summed E-state index contributed by atoms with van der Waals surface area (Å²) in [5.74, 6) is -0.762. The predicted octanol–water partition coefficient (Wildman–Crippen LogP) is 3.42. The molecule has 1 rings (SSSR count). The second-order valence-corrected chi connectivity index (χ2v) is 3.45. The minimum atomic E-state index is -2.73. The lowest BCUT2D eigenvalue weighted by atomic mass is 10.3. The number of alkyl halides is 2. The fourth-order valence-corrected chi connectivity index (χ4v) is 1.53. The van der Waals surface area contributed by atoms with Gasteiger partial charge in [-0.3, -0.25) is 0 Å².